The van der Waals surface area contributed by atoms with Crippen LogP contribution in [0.5, 0.6) is 0 Å². The van der Waals surface area contributed by atoms with Crippen LogP contribution >= 0.6 is 0 Å². The molecule has 3 aliphatic rings. The Kier molecular flexibility index (Phi) is 5.98. The minimum atomic E-state index is -2.99. The fraction of sp³-hybridized carbons (Fsp3) is 0.423. The van der Waals surface area contributed by atoms with Crippen LogP contribution in [0.2, 0.25) is 0 Å². The van der Waals surface area contributed by atoms with Gasteiger partial charge in [-0.1, -0.05) is 0 Å². The van der Waals surface area contributed by atoms with E-state index < -0.39 is 27.5 Å². The first-order chi connectivity index (χ1) is 18.1. The number of carbonyl (C=O) groups excluding carboxylic acids is 1. The molecule has 2 aromatic carbocycles. The van der Waals surface area contributed by atoms with E-state index in [0.29, 0.717) is 67.4 Å². The van der Waals surface area contributed by atoms with E-state index in [1.165, 1.54) is 12.1 Å². The quantitative estimate of drug-likeness (QED) is 0.524. The molecule has 0 radical (unpaired) electrons. The third-order valence-electron chi connectivity index (χ3n) is 7.35. The number of rotatable bonds is 5. The molecule has 1 amide bonds. The minimum absolute atomic E-state index is 0.119. The van der Waals surface area contributed by atoms with Crippen molar-refractivity contribution in [1.29, 1.82) is 0 Å². The Hall–Kier alpha value is -3.38. The van der Waals surface area contributed by atoms with Gasteiger partial charge in [-0.3, -0.25) is 9.78 Å². The number of halogens is 2. The summed E-state index contributed by atoms with van der Waals surface area (Å²) >= 11 is 0. The number of hydrogen-bond donors (Lipinski definition) is 1. The largest absolute Gasteiger partial charge is 0.378 e. The fourth-order valence-electron chi connectivity index (χ4n) is 5.66. The van der Waals surface area contributed by atoms with E-state index in [0.717, 1.165) is 6.07 Å². The summed E-state index contributed by atoms with van der Waals surface area (Å²) in [7, 11) is -2.99. The van der Waals surface area contributed by atoms with Crippen molar-refractivity contribution in [3.05, 3.63) is 59.3 Å². The molecule has 3 aliphatic heterocycles. The van der Waals surface area contributed by atoms with E-state index >= 15 is 0 Å². The molecule has 4 heterocycles. The molecule has 38 heavy (non-hydrogen) atoms. The molecular weight excluding hydrogens is 516 g/mol. The number of nitrogens with one attached hydrogen (secondary N) is 1. The van der Waals surface area contributed by atoms with Crippen LogP contribution in [0.25, 0.3) is 11.0 Å². The Morgan fingerprint density at radius 1 is 1.08 bits per heavy atom. The monoisotopic (exact) mass is 543 g/mol. The number of ether oxygens (including phenoxy) is 1. The number of nitrogens with zero attached hydrogens (tertiary/aromatic N) is 4. The Labute approximate surface area is 218 Å². The van der Waals surface area contributed by atoms with Crippen molar-refractivity contribution in [3.8, 4) is 0 Å². The van der Waals surface area contributed by atoms with Gasteiger partial charge in [-0.05, 0) is 31.2 Å². The summed E-state index contributed by atoms with van der Waals surface area (Å²) in [5.41, 5.74) is 2.08. The number of carbonyl (C=O) groups is 1. The Morgan fingerprint density at radius 3 is 2.42 bits per heavy atom. The molecule has 200 valence electrons. The zero-order chi connectivity index (χ0) is 26.7. The summed E-state index contributed by atoms with van der Waals surface area (Å²) in [5.74, 6) is -0.700. The molecule has 3 aromatic rings. The van der Waals surface area contributed by atoms with E-state index in [4.69, 9.17) is 9.72 Å². The molecule has 1 unspecified atom stereocenters. The number of aromatic nitrogens is 2. The second-order valence-electron chi connectivity index (χ2n) is 10.5. The van der Waals surface area contributed by atoms with E-state index in [2.05, 4.69) is 15.2 Å². The van der Waals surface area contributed by atoms with Gasteiger partial charge >= 0.3 is 0 Å². The van der Waals surface area contributed by atoms with Gasteiger partial charge in [0.2, 0.25) is 0 Å². The van der Waals surface area contributed by atoms with E-state index in [1.54, 1.807) is 23.2 Å². The van der Waals surface area contributed by atoms with Crippen LogP contribution in [0, 0.1) is 17.0 Å². The predicted molar refractivity (Wildman–Crippen MR) is 138 cm³/mol. The highest BCUT2D eigenvalue weighted by Crippen LogP contribution is 2.42. The van der Waals surface area contributed by atoms with Gasteiger partial charge in [0, 0.05) is 54.5 Å². The number of anilines is 2. The maximum atomic E-state index is 13.8. The first-order valence-electron chi connectivity index (χ1n) is 12.5. The summed E-state index contributed by atoms with van der Waals surface area (Å²) in [4.78, 5) is 26.6. The number of likely N-dealkylation sites (tertiary alicyclic amines) is 1. The number of hydrogen-bond acceptors (Lipinski definition) is 8. The zero-order valence-corrected chi connectivity index (χ0v) is 21.6. The molecule has 3 saturated heterocycles. The smallest absolute Gasteiger partial charge is 0.253 e. The van der Waals surface area contributed by atoms with Crippen LogP contribution in [0.4, 0.5) is 20.3 Å². The molecule has 9 nitrogen and oxygen atoms in total. The van der Waals surface area contributed by atoms with Crippen LogP contribution in [0.1, 0.15) is 28.9 Å². The van der Waals surface area contributed by atoms with Crippen molar-refractivity contribution in [2.75, 3.05) is 61.1 Å². The molecular formula is C26H27F2N5O4S. The second kappa shape index (κ2) is 9.12. The first-order valence-corrected chi connectivity index (χ1v) is 14.3. The summed E-state index contributed by atoms with van der Waals surface area (Å²) in [5, 5.41) is 3.12. The maximum absolute atomic E-state index is 13.8. The van der Waals surface area contributed by atoms with Crippen LogP contribution in [-0.4, -0.2) is 80.1 Å². The molecule has 0 bridgehead atoms. The number of benzene rings is 2. The first kappa shape index (κ1) is 24.9. The van der Waals surface area contributed by atoms with Crippen molar-refractivity contribution >= 4 is 38.3 Å². The molecule has 6 rings (SSSR count). The van der Waals surface area contributed by atoms with E-state index in [-0.39, 0.29) is 28.5 Å². The van der Waals surface area contributed by atoms with Crippen LogP contribution in [0.15, 0.2) is 36.5 Å². The predicted octanol–water partition coefficient (Wildman–Crippen LogP) is 2.79. The van der Waals surface area contributed by atoms with Gasteiger partial charge in [-0.25, -0.2) is 22.2 Å². The number of amides is 1. The Bertz CT molecular complexity index is 1500. The van der Waals surface area contributed by atoms with Gasteiger partial charge in [-0.15, -0.1) is 0 Å². The molecule has 1 spiro atoms. The van der Waals surface area contributed by atoms with Gasteiger partial charge in [-0.2, -0.15) is 0 Å². The van der Waals surface area contributed by atoms with Crippen molar-refractivity contribution in [2.24, 2.45) is 5.41 Å². The molecule has 0 aliphatic carbocycles. The number of morpholine rings is 1. The number of fused-ring (bicyclic) bond motifs is 1. The molecule has 12 heteroatoms. The van der Waals surface area contributed by atoms with Crippen molar-refractivity contribution in [1.82, 2.24) is 14.9 Å². The standard InChI is InChI=1S/C26H27F2N5O4S/c1-16(30-20-9-18(27)8-19(28)10-20)21-6-17(25(34)33-12-26(13-33)14-38(35,36)15-26)7-22-24(21)31-23(11-29-22)32-2-4-37-5-3-32/h6-11,16,30H,2-5,12-15H2,1H3. The van der Waals surface area contributed by atoms with Crippen LogP contribution in [0.3, 0.4) is 0 Å². The van der Waals surface area contributed by atoms with Crippen LogP contribution < -0.4 is 10.2 Å². The zero-order valence-electron chi connectivity index (χ0n) is 20.8. The topological polar surface area (TPSA) is 105 Å². The Balaban J connectivity index is 1.34. The third-order valence-corrected chi connectivity index (χ3v) is 9.46. The Morgan fingerprint density at radius 2 is 1.76 bits per heavy atom. The van der Waals surface area contributed by atoms with Gasteiger partial charge < -0.3 is 19.9 Å². The third kappa shape index (κ3) is 4.66. The lowest BCUT2D eigenvalue weighted by Crippen LogP contribution is -2.69. The molecule has 0 saturated carbocycles. The van der Waals surface area contributed by atoms with Gasteiger partial charge in [0.25, 0.3) is 5.91 Å². The minimum Gasteiger partial charge on any atom is -0.378 e. The van der Waals surface area contributed by atoms with Crippen LogP contribution in [-0.2, 0) is 14.6 Å². The summed E-state index contributed by atoms with van der Waals surface area (Å²) in [6.07, 6.45) is 1.67. The fourth-order valence-corrected chi connectivity index (χ4v) is 7.80. The highest BCUT2D eigenvalue weighted by Gasteiger charge is 2.57. The molecule has 3 fully saturated rings. The highest BCUT2D eigenvalue weighted by molar-refractivity contribution is 7.92. The second-order valence-corrected chi connectivity index (χ2v) is 12.5. The van der Waals surface area contributed by atoms with Gasteiger partial charge in [0.1, 0.15) is 17.5 Å². The van der Waals surface area contributed by atoms with E-state index in [9.17, 15) is 22.0 Å². The summed E-state index contributed by atoms with van der Waals surface area (Å²) in [6.45, 7) is 5.15. The van der Waals surface area contributed by atoms with Gasteiger partial charge in [0.05, 0.1) is 48.0 Å². The lowest BCUT2D eigenvalue weighted by Gasteiger charge is -2.54. The number of sulfone groups is 1. The lowest BCUT2D eigenvalue weighted by atomic mass is 9.82. The maximum Gasteiger partial charge on any atom is 0.253 e. The van der Waals surface area contributed by atoms with Gasteiger partial charge in [0.15, 0.2) is 9.84 Å². The normalized spacial score (nSPS) is 20.6. The van der Waals surface area contributed by atoms with E-state index in [1.807, 2.05) is 6.92 Å². The average Bonchev–Trinajstić information content (AvgIpc) is 2.84. The molecule has 1 N–H and O–H groups in total. The van der Waals surface area contributed by atoms with Crippen molar-refractivity contribution < 1.29 is 26.7 Å². The average molecular weight is 544 g/mol. The summed E-state index contributed by atoms with van der Waals surface area (Å²) in [6, 6.07) is 6.16. The summed E-state index contributed by atoms with van der Waals surface area (Å²) < 4.78 is 56.4. The molecule has 1 atom stereocenters. The SMILES string of the molecule is CC(Nc1cc(F)cc(F)c1)c1cc(C(=O)N2CC3(C2)CS(=O)(=O)C3)cc2ncc(N3CCOCC3)nc12. The van der Waals surface area contributed by atoms with Crippen molar-refractivity contribution in [2.45, 2.75) is 13.0 Å². The van der Waals surface area contributed by atoms with Crippen molar-refractivity contribution in [3.63, 3.8) is 0 Å². The lowest BCUT2D eigenvalue weighted by molar-refractivity contribution is 0.0202. The molecule has 1 aromatic heterocycles. The highest BCUT2D eigenvalue weighted by atomic mass is 32.2.